The van der Waals surface area contributed by atoms with Gasteiger partial charge in [0.15, 0.2) is 0 Å². The van der Waals surface area contributed by atoms with E-state index in [9.17, 15) is 51.5 Å². The highest BCUT2D eigenvalue weighted by Crippen LogP contribution is 2.33. The molecule has 4 aliphatic heterocycles. The maximum atomic E-state index is 12.6. The molecule has 4 saturated heterocycles. The summed E-state index contributed by atoms with van der Waals surface area (Å²) < 4.78 is 61.4. The summed E-state index contributed by atoms with van der Waals surface area (Å²) in [5, 5.41) is 35.3. The molecule has 118 heavy (non-hydrogen) atoms. The number of carboxylic acid groups (broad SMARTS) is 2. The number of aromatic carboxylic acids is 1. The van der Waals surface area contributed by atoms with Crippen LogP contribution < -0.4 is 27.0 Å². The third kappa shape index (κ3) is 30.5. The van der Waals surface area contributed by atoms with Crippen LogP contribution in [-0.4, -0.2) is 218 Å². The van der Waals surface area contributed by atoms with E-state index in [2.05, 4.69) is 52.9 Å². The van der Waals surface area contributed by atoms with Crippen molar-refractivity contribution in [1.29, 1.82) is 0 Å². The molecule has 0 bridgehead atoms. The molecule has 14 rings (SSSR count). The standard InChI is InChI=1S/C22H23ClF3N3O4.C20H24ClN3O3.C15H16ClN3O.C10H6ClNO2.C10H20N2O2.C7H12O3/c23-14-2-4-18-13(9-14)1-3-19(28-18)21(31)27-15-5-7-29(8-6-15)20(30)12-32-16-10-17(11-16)33-22(24,25)26;1-20(2,3)27-19(26)24-10-8-15(9-11-24)22-18(25)17-6-4-13-12-14(21)5-7-16(13)23-17;16-11-2-4-13-10(9-11)1-3-14(19-13)15(20)18-12-5-7-17-8-6-12;11-7-2-4-8-6(5-7)1-3-9(12-8)10(13)14;1-10(2,3)14-9(13)12-6-4-8(11)5-7-12;1-5-2-6(3-5)10-4-7(8)9/h1-4,9,15-17H,5-8,10-12H2,(H,27,31);4-7,12,15H,8-11H2,1-3H3,(H,22,25);1-4,9,12,17H,5-8H2,(H,18,20);1-5H,(H,13,14);8H,4-7,11H2,1-3H3;5-6H,2-4H2,1H3,(H,8,9). The highest BCUT2D eigenvalue weighted by atomic mass is 35.5. The number of halogens is 7. The molecule has 27 nitrogen and oxygen atoms in total. The lowest BCUT2D eigenvalue weighted by Crippen LogP contribution is -2.48. The molecule has 0 unspecified atom stereocenters. The predicted octanol–water partition coefficient (Wildman–Crippen LogP) is 14.9. The van der Waals surface area contributed by atoms with Crippen LogP contribution in [0.5, 0.6) is 0 Å². The minimum absolute atomic E-state index is 0.0129. The molecule has 4 aromatic heterocycles. The Bertz CT molecular complexity index is 4790. The smallest absolute Gasteiger partial charge is 0.480 e. The second-order valence-corrected chi connectivity index (χ2v) is 33.3. The van der Waals surface area contributed by atoms with Gasteiger partial charge in [0.2, 0.25) is 5.91 Å². The number of aromatic nitrogens is 4. The fraction of sp³-hybridized carbons (Fsp3) is 0.476. The van der Waals surface area contributed by atoms with Crippen LogP contribution in [0.25, 0.3) is 43.6 Å². The van der Waals surface area contributed by atoms with E-state index in [1.54, 1.807) is 99.6 Å². The number of nitrogens with one attached hydrogen (secondary N) is 4. The van der Waals surface area contributed by atoms with E-state index in [1.807, 2.05) is 71.9 Å². The number of benzene rings is 4. The molecular weight excluding hydrogens is 1620 g/mol. The summed E-state index contributed by atoms with van der Waals surface area (Å²) in [7, 11) is 0. The summed E-state index contributed by atoms with van der Waals surface area (Å²) in [5.41, 5.74) is 8.84. The van der Waals surface area contributed by atoms with Crippen LogP contribution in [0.15, 0.2) is 121 Å². The Kier molecular flexibility index (Phi) is 33.7. The topological polar surface area (TPSA) is 359 Å². The van der Waals surface area contributed by atoms with Crippen LogP contribution in [0.4, 0.5) is 22.8 Å². The van der Waals surface area contributed by atoms with E-state index in [1.165, 1.54) is 6.07 Å². The van der Waals surface area contributed by atoms with Crippen LogP contribution in [0, 0.1) is 5.92 Å². The number of carbonyl (C=O) groups is 8. The van der Waals surface area contributed by atoms with Crippen molar-refractivity contribution in [3.05, 3.63) is 164 Å². The van der Waals surface area contributed by atoms with E-state index >= 15 is 0 Å². The van der Waals surface area contributed by atoms with Gasteiger partial charge in [-0.1, -0.05) is 77.6 Å². The van der Waals surface area contributed by atoms with Crippen molar-refractivity contribution >= 4 is 138 Å². The van der Waals surface area contributed by atoms with E-state index < -0.39 is 41.7 Å². The first-order valence-corrected chi connectivity index (χ1v) is 40.6. The van der Waals surface area contributed by atoms with Crippen LogP contribution in [0.3, 0.4) is 0 Å². The number of carbonyl (C=O) groups excluding carboxylic acids is 6. The molecule has 0 radical (unpaired) electrons. The van der Waals surface area contributed by atoms with Crippen LogP contribution in [-0.2, 0) is 33.3 Å². The summed E-state index contributed by atoms with van der Waals surface area (Å²) in [5.74, 6) is -1.98. The minimum Gasteiger partial charge on any atom is -0.480 e. The third-order valence-corrected chi connectivity index (χ3v) is 20.6. The first-order valence-electron chi connectivity index (χ1n) is 39.1. The highest BCUT2D eigenvalue weighted by molar-refractivity contribution is 6.32. The first-order chi connectivity index (χ1) is 55.8. The van der Waals surface area contributed by atoms with E-state index in [4.69, 9.17) is 81.3 Å². The zero-order chi connectivity index (χ0) is 85.6. The summed E-state index contributed by atoms with van der Waals surface area (Å²) >= 11 is 23.7. The Labute approximate surface area is 702 Å². The maximum Gasteiger partial charge on any atom is 0.522 e. The molecule has 2 saturated carbocycles. The van der Waals surface area contributed by atoms with Gasteiger partial charge in [0.05, 0.1) is 40.4 Å². The van der Waals surface area contributed by atoms with Crippen molar-refractivity contribution in [2.75, 3.05) is 65.6 Å². The predicted molar refractivity (Wildman–Crippen MR) is 443 cm³/mol. The molecule has 8 aromatic rings. The number of likely N-dealkylation sites (tertiary alicyclic amines) is 3. The molecule has 6 amide bonds. The Morgan fingerprint density at radius 2 is 0.788 bits per heavy atom. The largest absolute Gasteiger partial charge is 0.522 e. The number of amides is 6. The number of piperidine rings is 4. The van der Waals surface area contributed by atoms with Crippen LogP contribution >= 0.6 is 46.4 Å². The second-order valence-electron chi connectivity index (χ2n) is 31.6. The average molecular weight is 1720 g/mol. The van der Waals surface area contributed by atoms with Crippen molar-refractivity contribution in [2.45, 2.75) is 186 Å². The van der Waals surface area contributed by atoms with Gasteiger partial charge in [0.1, 0.15) is 47.2 Å². The van der Waals surface area contributed by atoms with Gasteiger partial charge in [-0.2, -0.15) is 0 Å². The number of rotatable bonds is 14. The SMILES string of the molecule is CC(C)(C)OC(=O)N1CCC(N)CC1.CC(C)(C)OC(=O)N1CCC(NC(=O)c2ccc3cc(Cl)ccc3n2)CC1.CC1CC(OCC(=O)O)C1.O=C(NC1CCN(C(=O)COC2CC(OC(F)(F)F)C2)CC1)c1ccc2cc(Cl)ccc2n1.O=C(NC1CCNCC1)c1ccc2cc(Cl)ccc2n1.O=C(O)c1ccc2cc(Cl)ccc2n1. The highest BCUT2D eigenvalue weighted by Gasteiger charge is 2.41. The van der Waals surface area contributed by atoms with Crippen molar-refractivity contribution < 1.29 is 85.4 Å². The summed E-state index contributed by atoms with van der Waals surface area (Å²) in [6.45, 7) is 18.4. The molecule has 636 valence electrons. The van der Waals surface area contributed by atoms with Gasteiger partial charge in [0, 0.05) is 118 Å². The molecule has 2 aliphatic carbocycles. The number of nitrogens with zero attached hydrogens (tertiary/aromatic N) is 7. The molecule has 34 heteroatoms. The number of nitrogens with two attached hydrogens (primary N) is 1. The molecule has 0 spiro atoms. The normalized spacial score (nSPS) is 18.6. The van der Waals surface area contributed by atoms with Gasteiger partial charge in [0.25, 0.3) is 17.7 Å². The fourth-order valence-electron chi connectivity index (χ4n) is 13.2. The molecule has 0 atom stereocenters. The molecule has 6 fully saturated rings. The van der Waals surface area contributed by atoms with Crippen molar-refractivity contribution in [2.24, 2.45) is 11.7 Å². The zero-order valence-corrected chi connectivity index (χ0v) is 69.8. The van der Waals surface area contributed by atoms with E-state index in [0.29, 0.717) is 100 Å². The molecule has 6 aliphatic rings. The van der Waals surface area contributed by atoms with Gasteiger partial charge in [-0.25, -0.2) is 39.1 Å². The lowest BCUT2D eigenvalue weighted by molar-refractivity contribution is -0.357. The zero-order valence-electron chi connectivity index (χ0n) is 66.8. The quantitative estimate of drug-likeness (QED) is 0.0532. The fourth-order valence-corrected chi connectivity index (χ4v) is 13.9. The number of carboxylic acids is 2. The number of fused-ring (bicyclic) bond motifs is 4. The number of aliphatic carboxylic acids is 1. The number of hydrogen-bond donors (Lipinski definition) is 7. The lowest BCUT2D eigenvalue weighted by atomic mass is 9.84. The number of pyridine rings is 4. The van der Waals surface area contributed by atoms with Gasteiger partial charge < -0.3 is 70.9 Å². The maximum absolute atomic E-state index is 12.6. The molecule has 4 aromatic carbocycles. The van der Waals surface area contributed by atoms with Gasteiger partial charge in [-0.3, -0.25) is 23.9 Å². The van der Waals surface area contributed by atoms with Gasteiger partial charge >= 0.3 is 30.5 Å². The monoisotopic (exact) mass is 1710 g/mol. The van der Waals surface area contributed by atoms with E-state index in [0.717, 1.165) is 103 Å². The van der Waals surface area contributed by atoms with Gasteiger partial charge in [-0.05, 0) is 222 Å². The van der Waals surface area contributed by atoms with Crippen molar-refractivity contribution in [1.82, 2.24) is 55.9 Å². The molecular formula is C84H101Cl4F3N12O15. The Morgan fingerprint density at radius 3 is 1.14 bits per heavy atom. The average Bonchev–Trinajstić information content (AvgIpc) is 0.931. The van der Waals surface area contributed by atoms with Gasteiger partial charge in [-0.15, -0.1) is 13.2 Å². The minimum atomic E-state index is -4.65. The molecule has 8 heterocycles. The Balaban J connectivity index is 0.000000169. The summed E-state index contributed by atoms with van der Waals surface area (Å²) in [6.07, 6.45) is 2.26. The lowest BCUT2D eigenvalue weighted by Gasteiger charge is -2.36. The van der Waals surface area contributed by atoms with Crippen molar-refractivity contribution in [3.8, 4) is 0 Å². The molecule has 8 N–H and O–H groups in total. The number of alkyl halides is 3. The van der Waals surface area contributed by atoms with E-state index in [-0.39, 0.29) is 97.8 Å². The van der Waals surface area contributed by atoms with Crippen LogP contribution in [0.1, 0.15) is 167 Å². The Hall–Kier alpha value is -9.37. The number of hydrogen-bond acceptors (Lipinski definition) is 19. The third-order valence-electron chi connectivity index (χ3n) is 19.6. The summed E-state index contributed by atoms with van der Waals surface area (Å²) in [6, 6.07) is 35.4. The second kappa shape index (κ2) is 43.0. The van der Waals surface area contributed by atoms with Crippen molar-refractivity contribution in [3.63, 3.8) is 0 Å². The Morgan fingerprint density at radius 1 is 0.458 bits per heavy atom. The number of ether oxygens (including phenoxy) is 5. The first kappa shape index (κ1) is 92.5. The van der Waals surface area contributed by atoms with Crippen LogP contribution in [0.2, 0.25) is 20.1 Å². The summed E-state index contributed by atoms with van der Waals surface area (Å²) in [4.78, 5) is 116.